The number of amides is 1. The molecule has 0 heterocycles. The van der Waals surface area contributed by atoms with Crippen LogP contribution in [-0.4, -0.2) is 17.6 Å². The maximum Gasteiger partial charge on any atom is 0.222 e. The number of aliphatic hydroxyl groups excluding tert-OH is 1. The topological polar surface area (TPSA) is 63.3 Å². The molecule has 0 rings (SSSR count). The predicted octanol–water partition coefficient (Wildman–Crippen LogP) is 5.73. The van der Waals surface area contributed by atoms with Crippen LogP contribution in [0.5, 0.6) is 0 Å². The lowest BCUT2D eigenvalue weighted by atomic mass is 10.00. The van der Waals surface area contributed by atoms with Gasteiger partial charge in [-0.1, -0.05) is 110 Å². The number of carbonyl (C=O) groups excluding carboxylic acids is 1. The van der Waals surface area contributed by atoms with Gasteiger partial charge in [-0.15, -0.1) is 0 Å². The lowest BCUT2D eigenvalue weighted by Crippen LogP contribution is -2.26. The van der Waals surface area contributed by atoms with E-state index >= 15 is 0 Å². The lowest BCUT2D eigenvalue weighted by Gasteiger charge is -2.09. The molecule has 0 bridgehead atoms. The van der Waals surface area contributed by atoms with Crippen molar-refractivity contribution in [3.05, 3.63) is 0 Å². The summed E-state index contributed by atoms with van der Waals surface area (Å²) in [7, 11) is 0. The van der Waals surface area contributed by atoms with Gasteiger partial charge in [0, 0.05) is 0 Å². The third-order valence-electron chi connectivity index (χ3n) is 5.03. The Labute approximate surface area is 150 Å². The smallest absolute Gasteiger partial charge is 0.222 e. The molecular formula is C21H43NO2. The van der Waals surface area contributed by atoms with Crippen molar-refractivity contribution in [2.45, 2.75) is 116 Å². The van der Waals surface area contributed by atoms with Crippen LogP contribution in [0.4, 0.5) is 0 Å². The van der Waals surface area contributed by atoms with E-state index in [-0.39, 0.29) is 18.4 Å². The quantitative estimate of drug-likeness (QED) is 0.295. The Balaban J connectivity index is 3.11. The highest BCUT2D eigenvalue weighted by molar-refractivity contribution is 5.76. The van der Waals surface area contributed by atoms with Gasteiger partial charge in [0.05, 0.1) is 12.5 Å². The minimum absolute atomic E-state index is 0.103. The summed E-state index contributed by atoms with van der Waals surface area (Å²) in [6, 6.07) is 0. The van der Waals surface area contributed by atoms with E-state index in [2.05, 4.69) is 6.92 Å². The molecule has 1 unspecified atom stereocenters. The lowest BCUT2D eigenvalue weighted by molar-refractivity contribution is -0.123. The molecule has 3 heteroatoms. The van der Waals surface area contributed by atoms with E-state index in [0.717, 1.165) is 19.3 Å². The van der Waals surface area contributed by atoms with Crippen LogP contribution in [-0.2, 0) is 4.79 Å². The van der Waals surface area contributed by atoms with Crippen LogP contribution in [0.1, 0.15) is 116 Å². The van der Waals surface area contributed by atoms with Gasteiger partial charge >= 0.3 is 0 Å². The molecule has 1 amide bonds. The molecule has 0 aliphatic rings. The zero-order valence-corrected chi connectivity index (χ0v) is 16.2. The summed E-state index contributed by atoms with van der Waals surface area (Å²) < 4.78 is 0. The molecule has 24 heavy (non-hydrogen) atoms. The van der Waals surface area contributed by atoms with Gasteiger partial charge in [0.1, 0.15) is 0 Å². The molecule has 0 aromatic heterocycles. The molecule has 0 radical (unpaired) electrons. The van der Waals surface area contributed by atoms with Gasteiger partial charge in [0.2, 0.25) is 5.91 Å². The van der Waals surface area contributed by atoms with Crippen LogP contribution in [0, 0.1) is 5.92 Å². The predicted molar refractivity (Wildman–Crippen MR) is 104 cm³/mol. The number of hydrogen-bond donors (Lipinski definition) is 2. The SMILES string of the molecule is CCCCCCCCCCCCCCCCCCC(CO)C(N)=O. The number of nitrogens with two attached hydrogens (primary N) is 1. The summed E-state index contributed by atoms with van der Waals surface area (Å²) in [5.41, 5.74) is 5.21. The van der Waals surface area contributed by atoms with E-state index in [9.17, 15) is 4.79 Å². The Morgan fingerprint density at radius 1 is 0.708 bits per heavy atom. The van der Waals surface area contributed by atoms with Crippen LogP contribution in [0.3, 0.4) is 0 Å². The Morgan fingerprint density at radius 2 is 1.04 bits per heavy atom. The number of hydrogen-bond acceptors (Lipinski definition) is 2. The largest absolute Gasteiger partial charge is 0.396 e. The second-order valence-corrected chi connectivity index (χ2v) is 7.37. The Hall–Kier alpha value is -0.570. The maximum atomic E-state index is 11.0. The first kappa shape index (κ1) is 23.4. The monoisotopic (exact) mass is 341 g/mol. The molecule has 0 saturated heterocycles. The molecule has 0 aliphatic heterocycles. The van der Waals surface area contributed by atoms with Gasteiger partial charge in [-0.25, -0.2) is 0 Å². The van der Waals surface area contributed by atoms with Crippen molar-refractivity contribution in [3.63, 3.8) is 0 Å². The van der Waals surface area contributed by atoms with Crippen LogP contribution < -0.4 is 5.73 Å². The van der Waals surface area contributed by atoms with Gasteiger partial charge in [0.15, 0.2) is 0 Å². The molecule has 3 nitrogen and oxygen atoms in total. The van der Waals surface area contributed by atoms with Gasteiger partial charge in [0.25, 0.3) is 0 Å². The van der Waals surface area contributed by atoms with E-state index in [1.807, 2.05) is 0 Å². The van der Waals surface area contributed by atoms with E-state index in [0.29, 0.717) is 0 Å². The fraction of sp³-hybridized carbons (Fsp3) is 0.952. The molecule has 0 saturated carbocycles. The van der Waals surface area contributed by atoms with Crippen LogP contribution in [0.2, 0.25) is 0 Å². The second-order valence-electron chi connectivity index (χ2n) is 7.37. The van der Waals surface area contributed by atoms with E-state index in [1.54, 1.807) is 0 Å². The molecule has 0 spiro atoms. The minimum Gasteiger partial charge on any atom is -0.396 e. The number of carbonyl (C=O) groups is 1. The fourth-order valence-electron chi connectivity index (χ4n) is 3.26. The normalized spacial score (nSPS) is 12.4. The summed E-state index contributed by atoms with van der Waals surface area (Å²) >= 11 is 0. The van der Waals surface area contributed by atoms with Crippen LogP contribution in [0.15, 0.2) is 0 Å². The first-order valence-electron chi connectivity index (χ1n) is 10.6. The highest BCUT2D eigenvalue weighted by Crippen LogP contribution is 2.15. The molecule has 144 valence electrons. The maximum absolute atomic E-state index is 11.0. The standard InChI is InChI=1S/C21H43NO2/c1-2-3-4-5-6-7-8-9-10-11-12-13-14-15-16-17-18-20(19-23)21(22)24/h20,23H,2-19H2,1H3,(H2,22,24). The Bertz CT molecular complexity index is 269. The second kappa shape index (κ2) is 18.8. The van der Waals surface area contributed by atoms with Gasteiger partial charge in [-0.3, -0.25) is 4.79 Å². The molecule has 1 atom stereocenters. The molecule has 3 N–H and O–H groups in total. The zero-order chi connectivity index (χ0) is 17.9. The summed E-state index contributed by atoms with van der Waals surface area (Å²) in [4.78, 5) is 11.0. The summed E-state index contributed by atoms with van der Waals surface area (Å²) in [5, 5.41) is 9.02. The highest BCUT2D eigenvalue weighted by atomic mass is 16.3. The van der Waals surface area contributed by atoms with Crippen molar-refractivity contribution in [1.82, 2.24) is 0 Å². The van der Waals surface area contributed by atoms with E-state index < -0.39 is 0 Å². The number of primary amides is 1. The van der Waals surface area contributed by atoms with E-state index in [4.69, 9.17) is 10.8 Å². The van der Waals surface area contributed by atoms with Crippen molar-refractivity contribution >= 4 is 5.91 Å². The molecule has 0 aromatic carbocycles. The average molecular weight is 342 g/mol. The summed E-state index contributed by atoms with van der Waals surface area (Å²) in [6.07, 6.45) is 22.3. The minimum atomic E-state index is -0.363. The highest BCUT2D eigenvalue weighted by Gasteiger charge is 2.12. The van der Waals surface area contributed by atoms with Gasteiger partial charge in [-0.2, -0.15) is 0 Å². The third-order valence-corrected chi connectivity index (χ3v) is 5.03. The third kappa shape index (κ3) is 16.3. The molecule has 0 aromatic rings. The molecule has 0 aliphatic carbocycles. The zero-order valence-electron chi connectivity index (χ0n) is 16.2. The van der Waals surface area contributed by atoms with Crippen molar-refractivity contribution < 1.29 is 9.90 Å². The Morgan fingerprint density at radius 3 is 1.33 bits per heavy atom. The van der Waals surface area contributed by atoms with Crippen molar-refractivity contribution in [3.8, 4) is 0 Å². The van der Waals surface area contributed by atoms with Gasteiger partial charge in [-0.05, 0) is 6.42 Å². The molecule has 0 fully saturated rings. The van der Waals surface area contributed by atoms with E-state index in [1.165, 1.54) is 89.9 Å². The number of aliphatic hydroxyl groups is 1. The number of unbranched alkanes of at least 4 members (excludes halogenated alkanes) is 15. The fourth-order valence-corrected chi connectivity index (χ4v) is 3.26. The Kier molecular flexibility index (Phi) is 18.3. The van der Waals surface area contributed by atoms with Crippen LogP contribution in [0.25, 0.3) is 0 Å². The first-order chi connectivity index (χ1) is 11.7. The van der Waals surface area contributed by atoms with Crippen molar-refractivity contribution in [1.29, 1.82) is 0 Å². The average Bonchev–Trinajstić information content (AvgIpc) is 2.57. The first-order valence-corrected chi connectivity index (χ1v) is 10.6. The van der Waals surface area contributed by atoms with Gasteiger partial charge < -0.3 is 10.8 Å². The molecular weight excluding hydrogens is 298 g/mol. The number of rotatable bonds is 19. The summed E-state index contributed by atoms with van der Waals surface area (Å²) in [6.45, 7) is 2.17. The van der Waals surface area contributed by atoms with Crippen LogP contribution >= 0.6 is 0 Å². The summed E-state index contributed by atoms with van der Waals surface area (Å²) in [5.74, 6) is -0.699. The van der Waals surface area contributed by atoms with Crippen molar-refractivity contribution in [2.75, 3.05) is 6.61 Å². The van der Waals surface area contributed by atoms with Crippen molar-refractivity contribution in [2.24, 2.45) is 11.7 Å².